The SMILES string of the molecule is CN1CC[C@]23CCCC[C@H]2[C@H]1Cc1ccc(O)cc13.Nc1ccn([C@@H]2O[C@H](CO)[C@@H](O)[C@H]2O)c(=O)n1. The highest BCUT2D eigenvalue weighted by molar-refractivity contribution is 5.45. The summed E-state index contributed by atoms with van der Waals surface area (Å²) in [6.07, 6.45) is 4.66. The molecule has 2 aromatic rings. The van der Waals surface area contributed by atoms with Crippen molar-refractivity contribution in [1.29, 1.82) is 0 Å². The summed E-state index contributed by atoms with van der Waals surface area (Å²) < 4.78 is 6.19. The molecule has 196 valence electrons. The molecule has 4 aliphatic rings. The van der Waals surface area contributed by atoms with Crippen molar-refractivity contribution in [2.24, 2.45) is 5.92 Å². The molecular weight excluding hydrogens is 464 g/mol. The predicted octanol–water partition coefficient (Wildman–Crippen LogP) is 0.517. The van der Waals surface area contributed by atoms with Gasteiger partial charge in [0, 0.05) is 17.7 Å². The molecular formula is C26H36N4O6. The number of hydrogen-bond donors (Lipinski definition) is 5. The van der Waals surface area contributed by atoms with E-state index in [4.69, 9.17) is 15.6 Å². The van der Waals surface area contributed by atoms with Crippen LogP contribution in [0.2, 0.25) is 0 Å². The fraction of sp³-hybridized carbons (Fsp3) is 0.615. The van der Waals surface area contributed by atoms with Gasteiger partial charge in [-0.05, 0) is 74.5 Å². The highest BCUT2D eigenvalue weighted by Crippen LogP contribution is 2.55. The zero-order chi connectivity index (χ0) is 25.6. The van der Waals surface area contributed by atoms with Crippen LogP contribution in [-0.2, 0) is 16.6 Å². The number of phenolic OH excluding ortho intramolecular Hbond substituents is 1. The number of rotatable bonds is 2. The van der Waals surface area contributed by atoms with E-state index in [1.54, 1.807) is 0 Å². The number of ether oxygens (including phenoxy) is 1. The molecule has 0 spiro atoms. The summed E-state index contributed by atoms with van der Waals surface area (Å²) in [5.41, 5.74) is 7.99. The van der Waals surface area contributed by atoms with Gasteiger partial charge in [-0.15, -0.1) is 0 Å². The minimum absolute atomic E-state index is 0.0537. The van der Waals surface area contributed by atoms with E-state index in [-0.39, 0.29) is 5.82 Å². The Morgan fingerprint density at radius 1 is 1.19 bits per heavy atom. The zero-order valence-corrected chi connectivity index (χ0v) is 20.5. The van der Waals surface area contributed by atoms with Crippen molar-refractivity contribution in [3.63, 3.8) is 0 Å². The van der Waals surface area contributed by atoms with Crippen molar-refractivity contribution in [3.8, 4) is 5.75 Å². The number of benzene rings is 1. The largest absolute Gasteiger partial charge is 0.508 e. The number of nitrogens with zero attached hydrogens (tertiary/aromatic N) is 3. The Morgan fingerprint density at radius 3 is 2.72 bits per heavy atom. The molecule has 36 heavy (non-hydrogen) atoms. The monoisotopic (exact) mass is 500 g/mol. The third-order valence-electron chi connectivity index (χ3n) is 8.74. The Labute approximate surface area is 210 Å². The van der Waals surface area contributed by atoms with Crippen LogP contribution in [0.3, 0.4) is 0 Å². The Morgan fingerprint density at radius 2 is 2.00 bits per heavy atom. The summed E-state index contributed by atoms with van der Waals surface area (Å²) >= 11 is 0. The number of aliphatic hydroxyl groups excluding tert-OH is 3. The number of likely N-dealkylation sites (tertiary alicyclic amines) is 1. The first kappa shape index (κ1) is 25.2. The number of aromatic hydroxyl groups is 1. The van der Waals surface area contributed by atoms with E-state index in [2.05, 4.69) is 29.1 Å². The maximum Gasteiger partial charge on any atom is 0.351 e. The number of anilines is 1. The topological polar surface area (TPSA) is 154 Å². The zero-order valence-electron chi connectivity index (χ0n) is 20.5. The Kier molecular flexibility index (Phi) is 6.82. The number of fused-ring (bicyclic) bond motifs is 1. The summed E-state index contributed by atoms with van der Waals surface area (Å²) in [5.74, 6) is 1.32. The highest BCUT2D eigenvalue weighted by atomic mass is 16.6. The van der Waals surface area contributed by atoms with Gasteiger partial charge in [0.05, 0.1) is 6.61 Å². The Balaban J connectivity index is 0.000000149. The van der Waals surface area contributed by atoms with Crippen molar-refractivity contribution in [2.75, 3.05) is 25.9 Å². The molecule has 2 bridgehead atoms. The van der Waals surface area contributed by atoms with E-state index in [1.165, 1.54) is 68.5 Å². The van der Waals surface area contributed by atoms with Crippen molar-refractivity contribution >= 4 is 5.82 Å². The lowest BCUT2D eigenvalue weighted by Crippen LogP contribution is -2.59. The van der Waals surface area contributed by atoms with E-state index < -0.39 is 36.8 Å². The third-order valence-corrected chi connectivity index (χ3v) is 8.74. The number of likely N-dealkylation sites (N-methyl/N-ethyl adjacent to an activating group) is 1. The molecule has 6 N–H and O–H groups in total. The minimum Gasteiger partial charge on any atom is -0.508 e. The first-order valence-electron chi connectivity index (χ1n) is 12.7. The molecule has 0 radical (unpaired) electrons. The van der Waals surface area contributed by atoms with Crippen LogP contribution in [-0.4, -0.2) is 79.4 Å². The van der Waals surface area contributed by atoms with Gasteiger partial charge in [0.1, 0.15) is 29.9 Å². The van der Waals surface area contributed by atoms with Gasteiger partial charge in [-0.3, -0.25) is 4.57 Å². The second-order valence-electron chi connectivity index (χ2n) is 10.6. The molecule has 7 atom stereocenters. The standard InChI is InChI=1S/C17H23NO.C9H13N3O5/c1-18-9-8-17-7-3-2-4-14(17)16(18)10-12-5-6-13(19)11-15(12)17;10-5-1-2-12(9(16)11-5)8-7(15)6(14)4(3-13)17-8/h5-6,11,14,16,19H,2-4,7-10H2,1H3;1-2,4,6-8,13-15H,3H2,(H2,10,11,16)/t14-,16+,17+;4-,6-,7-,8-/m01/s1. The van der Waals surface area contributed by atoms with Crippen LogP contribution in [0.5, 0.6) is 5.75 Å². The molecule has 1 aromatic carbocycles. The lowest BCUT2D eigenvalue weighted by atomic mass is 9.52. The van der Waals surface area contributed by atoms with Crippen LogP contribution in [0.1, 0.15) is 49.5 Å². The molecule has 3 heterocycles. The van der Waals surface area contributed by atoms with Gasteiger partial charge < -0.3 is 35.8 Å². The van der Waals surface area contributed by atoms with Crippen molar-refractivity contribution < 1.29 is 25.2 Å². The quantitative estimate of drug-likeness (QED) is 0.397. The summed E-state index contributed by atoms with van der Waals surface area (Å²) in [4.78, 5) is 17.6. The highest BCUT2D eigenvalue weighted by Gasteiger charge is 2.53. The number of phenols is 1. The second-order valence-corrected chi connectivity index (χ2v) is 10.6. The lowest BCUT2D eigenvalue weighted by molar-refractivity contribution is -0.0549. The molecule has 10 nitrogen and oxygen atoms in total. The molecule has 10 heteroatoms. The number of aromatic nitrogens is 2. The summed E-state index contributed by atoms with van der Waals surface area (Å²) in [6, 6.07) is 8.22. The van der Waals surface area contributed by atoms with E-state index in [0.29, 0.717) is 11.2 Å². The summed E-state index contributed by atoms with van der Waals surface area (Å²) in [7, 11) is 2.30. The van der Waals surface area contributed by atoms with Gasteiger partial charge in [-0.1, -0.05) is 18.9 Å². The maximum absolute atomic E-state index is 11.5. The Hall–Kier alpha value is -2.50. The molecule has 0 amide bonds. The Bertz CT molecular complexity index is 1160. The van der Waals surface area contributed by atoms with E-state index in [0.717, 1.165) is 16.5 Å². The van der Waals surface area contributed by atoms with E-state index in [1.807, 2.05) is 6.07 Å². The number of nitrogens with two attached hydrogens (primary N) is 1. The molecule has 1 saturated carbocycles. The molecule has 2 aliphatic carbocycles. The smallest absolute Gasteiger partial charge is 0.351 e. The van der Waals surface area contributed by atoms with Crippen LogP contribution < -0.4 is 11.4 Å². The minimum atomic E-state index is -1.31. The van der Waals surface area contributed by atoms with Crippen molar-refractivity contribution in [3.05, 3.63) is 52.1 Å². The molecule has 0 unspecified atom stereocenters. The van der Waals surface area contributed by atoms with E-state index in [9.17, 15) is 20.1 Å². The van der Waals surface area contributed by atoms with Gasteiger partial charge in [-0.2, -0.15) is 4.98 Å². The number of nitrogen functional groups attached to an aromatic ring is 1. The van der Waals surface area contributed by atoms with Gasteiger partial charge in [0.2, 0.25) is 0 Å². The van der Waals surface area contributed by atoms with Gasteiger partial charge in [-0.25, -0.2) is 4.79 Å². The molecule has 3 fully saturated rings. The third kappa shape index (κ3) is 4.20. The molecule has 1 aromatic heterocycles. The fourth-order valence-corrected chi connectivity index (χ4v) is 6.91. The van der Waals surface area contributed by atoms with Crippen LogP contribution >= 0.6 is 0 Å². The molecule has 6 rings (SSSR count). The normalized spacial score (nSPS) is 35.3. The van der Waals surface area contributed by atoms with Crippen molar-refractivity contribution in [2.45, 2.75) is 74.5 Å². The first-order chi connectivity index (χ1) is 17.2. The average Bonchev–Trinajstić information content (AvgIpc) is 3.15. The fourth-order valence-electron chi connectivity index (χ4n) is 6.91. The van der Waals surface area contributed by atoms with Gasteiger partial charge >= 0.3 is 5.69 Å². The second kappa shape index (κ2) is 9.75. The van der Waals surface area contributed by atoms with Crippen LogP contribution in [0, 0.1) is 5.92 Å². The number of hydrogen-bond acceptors (Lipinski definition) is 9. The summed E-state index contributed by atoms with van der Waals surface area (Å²) in [5, 5.41) is 38.1. The summed E-state index contributed by atoms with van der Waals surface area (Å²) in [6.45, 7) is 0.766. The first-order valence-corrected chi connectivity index (χ1v) is 12.7. The lowest BCUT2D eigenvalue weighted by Gasteiger charge is -2.58. The molecule has 2 saturated heterocycles. The predicted molar refractivity (Wildman–Crippen MR) is 132 cm³/mol. The number of piperidine rings is 1. The van der Waals surface area contributed by atoms with Crippen molar-refractivity contribution in [1.82, 2.24) is 14.5 Å². The number of aliphatic hydroxyl groups is 3. The molecule has 2 aliphatic heterocycles. The maximum atomic E-state index is 11.5. The van der Waals surface area contributed by atoms with Crippen LogP contribution in [0.25, 0.3) is 0 Å². The van der Waals surface area contributed by atoms with Gasteiger partial charge in [0.15, 0.2) is 6.23 Å². The average molecular weight is 501 g/mol. The van der Waals surface area contributed by atoms with Crippen LogP contribution in [0.4, 0.5) is 5.82 Å². The van der Waals surface area contributed by atoms with E-state index >= 15 is 0 Å². The van der Waals surface area contributed by atoms with Gasteiger partial charge in [0.25, 0.3) is 0 Å². The van der Waals surface area contributed by atoms with Crippen LogP contribution in [0.15, 0.2) is 35.3 Å².